The molecule has 0 heterocycles. The fourth-order valence-corrected chi connectivity index (χ4v) is 1.60. The Bertz CT molecular complexity index is 510. The number of rotatable bonds is 7. The lowest BCUT2D eigenvalue weighted by Gasteiger charge is -2.10. The van der Waals surface area contributed by atoms with Crippen molar-refractivity contribution in [1.29, 1.82) is 0 Å². The SMILES string of the molecule is COc1cc(C(=O)NCCCN)c([N+](=O)[O-])cc1OC.Cl. The number of nitro groups is 1. The van der Waals surface area contributed by atoms with Gasteiger partial charge in [-0.3, -0.25) is 14.9 Å². The number of hydrogen-bond donors (Lipinski definition) is 2. The maximum absolute atomic E-state index is 12.0. The van der Waals surface area contributed by atoms with E-state index in [-0.39, 0.29) is 35.2 Å². The van der Waals surface area contributed by atoms with Gasteiger partial charge in [-0.05, 0) is 13.0 Å². The molecule has 0 unspecified atom stereocenters. The lowest BCUT2D eigenvalue weighted by Crippen LogP contribution is -2.26. The molecule has 1 amide bonds. The minimum absolute atomic E-state index is 0. The van der Waals surface area contributed by atoms with Crippen LogP contribution < -0.4 is 20.5 Å². The van der Waals surface area contributed by atoms with E-state index in [2.05, 4.69) is 5.32 Å². The lowest BCUT2D eigenvalue weighted by atomic mass is 10.1. The molecule has 1 aromatic carbocycles. The van der Waals surface area contributed by atoms with Gasteiger partial charge in [0.1, 0.15) is 5.56 Å². The minimum atomic E-state index is -0.639. The van der Waals surface area contributed by atoms with Crippen molar-refractivity contribution < 1.29 is 19.2 Å². The van der Waals surface area contributed by atoms with Gasteiger partial charge in [-0.2, -0.15) is 0 Å². The third-order valence-electron chi connectivity index (χ3n) is 2.61. The second kappa shape index (κ2) is 8.98. The van der Waals surface area contributed by atoms with Crippen LogP contribution in [-0.2, 0) is 0 Å². The van der Waals surface area contributed by atoms with Gasteiger partial charge in [-0.1, -0.05) is 0 Å². The number of nitro benzene ring substituents is 1. The Morgan fingerprint density at radius 2 is 1.90 bits per heavy atom. The van der Waals surface area contributed by atoms with Crippen molar-refractivity contribution in [1.82, 2.24) is 5.32 Å². The molecule has 0 radical (unpaired) electrons. The van der Waals surface area contributed by atoms with E-state index in [1.54, 1.807) is 0 Å². The first-order chi connectivity index (χ1) is 9.54. The Balaban J connectivity index is 0.00000400. The number of nitrogens with two attached hydrogens (primary N) is 1. The number of benzene rings is 1. The summed E-state index contributed by atoms with van der Waals surface area (Å²) in [5.74, 6) is -0.106. The molecule has 8 nitrogen and oxygen atoms in total. The number of carbonyl (C=O) groups is 1. The van der Waals surface area contributed by atoms with Crippen LogP contribution in [0, 0.1) is 10.1 Å². The third kappa shape index (κ3) is 4.76. The first-order valence-electron chi connectivity index (χ1n) is 5.93. The number of hydrogen-bond acceptors (Lipinski definition) is 6. The molecule has 1 aromatic rings. The predicted octanol–water partition coefficient (Wildman–Crippen LogP) is 1.11. The van der Waals surface area contributed by atoms with Gasteiger partial charge >= 0.3 is 0 Å². The summed E-state index contributed by atoms with van der Waals surface area (Å²) < 4.78 is 10.0. The topological polar surface area (TPSA) is 117 Å². The van der Waals surface area contributed by atoms with E-state index in [4.69, 9.17) is 15.2 Å². The van der Waals surface area contributed by atoms with Crippen LogP contribution in [0.25, 0.3) is 0 Å². The Labute approximate surface area is 128 Å². The average molecular weight is 320 g/mol. The van der Waals surface area contributed by atoms with Gasteiger partial charge in [-0.15, -0.1) is 12.4 Å². The van der Waals surface area contributed by atoms with Gasteiger partial charge in [0.05, 0.1) is 25.2 Å². The zero-order valence-electron chi connectivity index (χ0n) is 11.8. The van der Waals surface area contributed by atoms with Crippen LogP contribution in [0.3, 0.4) is 0 Å². The molecule has 0 aliphatic heterocycles. The predicted molar refractivity (Wildman–Crippen MR) is 79.5 cm³/mol. The summed E-state index contributed by atoms with van der Waals surface area (Å²) in [7, 11) is 2.75. The van der Waals surface area contributed by atoms with Gasteiger partial charge in [0.15, 0.2) is 11.5 Å². The molecule has 21 heavy (non-hydrogen) atoms. The van der Waals surface area contributed by atoms with Crippen molar-refractivity contribution in [2.24, 2.45) is 5.73 Å². The number of ether oxygens (including phenoxy) is 2. The lowest BCUT2D eigenvalue weighted by molar-refractivity contribution is -0.385. The van der Waals surface area contributed by atoms with Gasteiger partial charge < -0.3 is 20.5 Å². The van der Waals surface area contributed by atoms with E-state index < -0.39 is 10.8 Å². The number of nitrogens with zero attached hydrogens (tertiary/aromatic N) is 1. The van der Waals surface area contributed by atoms with Crippen LogP contribution >= 0.6 is 12.4 Å². The first-order valence-corrected chi connectivity index (χ1v) is 5.93. The van der Waals surface area contributed by atoms with Crippen molar-refractivity contribution in [3.8, 4) is 11.5 Å². The Morgan fingerprint density at radius 1 is 1.33 bits per heavy atom. The Hall–Kier alpha value is -2.06. The molecule has 0 aliphatic carbocycles. The number of carbonyl (C=O) groups excluding carboxylic acids is 1. The third-order valence-corrected chi connectivity index (χ3v) is 2.61. The average Bonchev–Trinajstić information content (AvgIpc) is 2.45. The fourth-order valence-electron chi connectivity index (χ4n) is 1.60. The van der Waals surface area contributed by atoms with Crippen molar-refractivity contribution in [3.63, 3.8) is 0 Å². The molecule has 0 saturated carbocycles. The molecule has 0 bridgehead atoms. The smallest absolute Gasteiger partial charge is 0.286 e. The highest BCUT2D eigenvalue weighted by Gasteiger charge is 2.24. The molecular weight excluding hydrogens is 302 g/mol. The summed E-state index contributed by atoms with van der Waals surface area (Å²) in [5, 5.41) is 13.6. The van der Waals surface area contributed by atoms with E-state index >= 15 is 0 Å². The number of halogens is 1. The van der Waals surface area contributed by atoms with Gasteiger partial charge in [0, 0.05) is 12.6 Å². The van der Waals surface area contributed by atoms with Gasteiger partial charge in [-0.25, -0.2) is 0 Å². The molecule has 3 N–H and O–H groups in total. The molecule has 0 aliphatic rings. The fraction of sp³-hybridized carbons (Fsp3) is 0.417. The monoisotopic (exact) mass is 319 g/mol. The summed E-state index contributed by atoms with van der Waals surface area (Å²) >= 11 is 0. The molecule has 0 atom stereocenters. The molecule has 118 valence electrons. The first kappa shape index (κ1) is 18.9. The summed E-state index contributed by atoms with van der Waals surface area (Å²) in [5.41, 5.74) is 4.90. The highest BCUT2D eigenvalue weighted by molar-refractivity contribution is 5.99. The Kier molecular flexibility index (Phi) is 8.10. The van der Waals surface area contributed by atoms with E-state index in [1.807, 2.05) is 0 Å². The van der Waals surface area contributed by atoms with Crippen molar-refractivity contribution in [3.05, 3.63) is 27.8 Å². The van der Waals surface area contributed by atoms with E-state index in [9.17, 15) is 14.9 Å². The van der Waals surface area contributed by atoms with E-state index in [0.29, 0.717) is 19.5 Å². The molecule has 0 aromatic heterocycles. The maximum atomic E-state index is 12.0. The number of methoxy groups -OCH3 is 2. The molecule has 0 saturated heterocycles. The standard InChI is InChI=1S/C12H17N3O5.ClH/c1-19-10-6-8(12(16)14-5-3-4-13)9(15(17)18)7-11(10)20-2;/h6-7H,3-5,13H2,1-2H3,(H,14,16);1H. The Morgan fingerprint density at radius 3 is 2.38 bits per heavy atom. The van der Waals surface area contributed by atoms with Crippen molar-refractivity contribution in [2.45, 2.75) is 6.42 Å². The van der Waals surface area contributed by atoms with Crippen LogP contribution in [0.15, 0.2) is 12.1 Å². The van der Waals surface area contributed by atoms with Gasteiger partial charge in [0.25, 0.3) is 11.6 Å². The van der Waals surface area contributed by atoms with Crippen LogP contribution in [-0.4, -0.2) is 38.1 Å². The normalized spacial score (nSPS) is 9.48. The second-order valence-corrected chi connectivity index (χ2v) is 3.88. The number of amides is 1. The molecule has 0 fully saturated rings. The summed E-state index contributed by atoms with van der Waals surface area (Å²) in [6.45, 7) is 0.773. The zero-order chi connectivity index (χ0) is 15.1. The summed E-state index contributed by atoms with van der Waals surface area (Å²) in [4.78, 5) is 22.4. The second-order valence-electron chi connectivity index (χ2n) is 3.88. The highest BCUT2D eigenvalue weighted by Crippen LogP contribution is 2.34. The molecular formula is C12H18ClN3O5. The largest absolute Gasteiger partial charge is 0.493 e. The van der Waals surface area contributed by atoms with Crippen molar-refractivity contribution >= 4 is 24.0 Å². The zero-order valence-corrected chi connectivity index (χ0v) is 12.6. The van der Waals surface area contributed by atoms with Crippen LogP contribution in [0.1, 0.15) is 16.8 Å². The van der Waals surface area contributed by atoms with E-state index in [0.717, 1.165) is 6.07 Å². The van der Waals surface area contributed by atoms with Crippen molar-refractivity contribution in [2.75, 3.05) is 27.3 Å². The highest BCUT2D eigenvalue weighted by atomic mass is 35.5. The molecule has 1 rings (SSSR count). The van der Waals surface area contributed by atoms with E-state index in [1.165, 1.54) is 20.3 Å². The molecule has 0 spiro atoms. The maximum Gasteiger partial charge on any atom is 0.286 e. The van der Waals surface area contributed by atoms with Crippen LogP contribution in [0.2, 0.25) is 0 Å². The van der Waals surface area contributed by atoms with Crippen LogP contribution in [0.5, 0.6) is 11.5 Å². The number of nitrogens with one attached hydrogen (secondary N) is 1. The quantitative estimate of drug-likeness (QED) is 0.442. The van der Waals surface area contributed by atoms with Crippen LogP contribution in [0.4, 0.5) is 5.69 Å². The summed E-state index contributed by atoms with van der Waals surface area (Å²) in [6.07, 6.45) is 0.590. The minimum Gasteiger partial charge on any atom is -0.493 e. The summed E-state index contributed by atoms with van der Waals surface area (Å²) in [6, 6.07) is 2.45. The van der Waals surface area contributed by atoms with Gasteiger partial charge in [0.2, 0.25) is 0 Å². The molecule has 9 heteroatoms.